The first kappa shape index (κ1) is 22.7. The molecule has 0 aliphatic carbocycles. The quantitative estimate of drug-likeness (QED) is 0.546. The van der Waals surface area contributed by atoms with E-state index in [4.69, 9.17) is 18.9 Å². The van der Waals surface area contributed by atoms with Crippen LogP contribution in [0, 0.1) is 0 Å². The van der Waals surface area contributed by atoms with E-state index < -0.39 is 12.0 Å². The third-order valence-corrected chi connectivity index (χ3v) is 5.00. The second-order valence-electron chi connectivity index (χ2n) is 6.64. The molecule has 0 fully saturated rings. The number of hydrogen-bond acceptors (Lipinski definition) is 7. The lowest BCUT2D eigenvalue weighted by Crippen LogP contribution is -2.46. The Morgan fingerprint density at radius 3 is 2.65 bits per heavy atom. The number of nitrogens with one attached hydrogen (secondary N) is 1. The maximum Gasteiger partial charge on any atom is 0.265 e. The zero-order chi connectivity index (χ0) is 22.4. The Morgan fingerprint density at radius 1 is 1.26 bits per heavy atom. The number of amides is 2. The molecule has 10 heteroatoms. The van der Waals surface area contributed by atoms with Gasteiger partial charge in [0.15, 0.2) is 18.1 Å². The van der Waals surface area contributed by atoms with Crippen LogP contribution in [-0.4, -0.2) is 63.5 Å². The van der Waals surface area contributed by atoms with Crippen molar-refractivity contribution in [3.63, 3.8) is 0 Å². The molecule has 2 aromatic carbocycles. The highest BCUT2D eigenvalue weighted by atomic mass is 79.9. The lowest BCUT2D eigenvalue weighted by molar-refractivity contribution is -0.125. The molecule has 1 aliphatic heterocycles. The lowest BCUT2D eigenvalue weighted by Gasteiger charge is -2.29. The molecule has 2 amide bonds. The fourth-order valence-corrected chi connectivity index (χ4v) is 3.32. The second kappa shape index (κ2) is 10.4. The van der Waals surface area contributed by atoms with Crippen molar-refractivity contribution < 1.29 is 33.6 Å². The van der Waals surface area contributed by atoms with Gasteiger partial charge in [0.05, 0.1) is 19.9 Å². The van der Waals surface area contributed by atoms with E-state index in [2.05, 4.69) is 21.2 Å². The largest absolute Gasteiger partial charge is 0.493 e. The Labute approximate surface area is 188 Å². The van der Waals surface area contributed by atoms with Gasteiger partial charge in [0, 0.05) is 11.0 Å². The van der Waals surface area contributed by atoms with Gasteiger partial charge in [-0.1, -0.05) is 22.0 Å². The van der Waals surface area contributed by atoms with Crippen molar-refractivity contribution in [1.29, 1.82) is 0 Å². The number of fused-ring (bicyclic) bond motifs is 1. The molecule has 1 atom stereocenters. The van der Waals surface area contributed by atoms with E-state index in [1.807, 2.05) is 0 Å². The van der Waals surface area contributed by atoms with E-state index in [1.54, 1.807) is 36.4 Å². The maximum absolute atomic E-state index is 12.4. The molecule has 1 heterocycles. The normalized spacial score (nSPS) is 13.7. The maximum atomic E-state index is 12.4. The summed E-state index contributed by atoms with van der Waals surface area (Å²) in [5, 5.41) is 12.8. The first-order chi connectivity index (χ1) is 14.9. The van der Waals surface area contributed by atoms with E-state index in [9.17, 15) is 14.7 Å². The summed E-state index contributed by atoms with van der Waals surface area (Å²) in [6.07, 6.45) is -0.984. The summed E-state index contributed by atoms with van der Waals surface area (Å²) in [5.41, 5.74) is 0.516. The first-order valence-electron chi connectivity index (χ1n) is 9.44. The molecule has 9 nitrogen and oxygen atoms in total. The number of hydrogen-bond donors (Lipinski definition) is 2. The van der Waals surface area contributed by atoms with Crippen molar-refractivity contribution in [3.8, 4) is 23.0 Å². The average molecular weight is 495 g/mol. The summed E-state index contributed by atoms with van der Waals surface area (Å²) in [7, 11) is 3.00. The predicted octanol–water partition coefficient (Wildman–Crippen LogP) is 1.75. The molecule has 0 aromatic heterocycles. The summed E-state index contributed by atoms with van der Waals surface area (Å²) >= 11 is 3.35. The third-order valence-electron chi connectivity index (χ3n) is 4.50. The van der Waals surface area contributed by atoms with E-state index in [0.29, 0.717) is 28.7 Å². The predicted molar refractivity (Wildman–Crippen MR) is 116 cm³/mol. The van der Waals surface area contributed by atoms with Gasteiger partial charge in [0.1, 0.15) is 25.0 Å². The Balaban J connectivity index is 1.53. The molecule has 3 rings (SSSR count). The number of benzene rings is 2. The molecule has 0 radical (unpaired) electrons. The number of nitrogens with zero attached hydrogens (tertiary/aromatic N) is 1. The van der Waals surface area contributed by atoms with E-state index >= 15 is 0 Å². The summed E-state index contributed by atoms with van der Waals surface area (Å²) in [4.78, 5) is 25.9. The molecule has 1 unspecified atom stereocenters. The third kappa shape index (κ3) is 5.59. The molecular weight excluding hydrogens is 472 g/mol. The Hall–Kier alpha value is -2.98. The van der Waals surface area contributed by atoms with Gasteiger partial charge in [0.25, 0.3) is 5.91 Å². The van der Waals surface area contributed by atoms with Gasteiger partial charge in [-0.3, -0.25) is 14.5 Å². The van der Waals surface area contributed by atoms with Gasteiger partial charge in [-0.25, -0.2) is 0 Å². The highest BCUT2D eigenvalue weighted by Gasteiger charge is 2.27. The van der Waals surface area contributed by atoms with Crippen LogP contribution in [0.3, 0.4) is 0 Å². The number of anilines is 1. The highest BCUT2D eigenvalue weighted by molar-refractivity contribution is 9.10. The van der Waals surface area contributed by atoms with Crippen molar-refractivity contribution in [1.82, 2.24) is 5.32 Å². The number of para-hydroxylation sites is 1. The number of halogens is 1. The summed E-state index contributed by atoms with van der Waals surface area (Å²) in [5.74, 6) is 1.06. The number of ether oxygens (including phenoxy) is 4. The highest BCUT2D eigenvalue weighted by Crippen LogP contribution is 2.37. The van der Waals surface area contributed by atoms with E-state index in [0.717, 1.165) is 4.47 Å². The lowest BCUT2D eigenvalue weighted by atomic mass is 10.2. The second-order valence-corrected chi connectivity index (χ2v) is 7.56. The van der Waals surface area contributed by atoms with Crippen molar-refractivity contribution in [2.45, 2.75) is 6.10 Å². The zero-order valence-corrected chi connectivity index (χ0v) is 18.7. The molecule has 0 saturated heterocycles. The molecule has 31 heavy (non-hydrogen) atoms. The molecule has 0 spiro atoms. The molecule has 0 bridgehead atoms. The topological polar surface area (TPSA) is 107 Å². The van der Waals surface area contributed by atoms with Gasteiger partial charge >= 0.3 is 0 Å². The van der Waals surface area contributed by atoms with Crippen molar-refractivity contribution >= 4 is 33.4 Å². The monoisotopic (exact) mass is 494 g/mol. The number of rotatable bonds is 9. The fraction of sp³-hybridized carbons (Fsp3) is 0.333. The van der Waals surface area contributed by atoms with E-state index in [1.165, 1.54) is 19.1 Å². The molecule has 2 aromatic rings. The summed E-state index contributed by atoms with van der Waals surface area (Å²) in [6, 6.07) is 10.4. The fourth-order valence-electron chi connectivity index (χ4n) is 2.98. The SMILES string of the molecule is COc1cccc(OC)c1OCC(O)CNC(=O)CN1C(=O)COc2cc(Br)ccc21. The Kier molecular flexibility index (Phi) is 7.59. The number of carbonyl (C=O) groups excluding carboxylic acids is 2. The van der Waals surface area contributed by atoms with Crippen LogP contribution < -0.4 is 29.2 Å². The molecule has 1 aliphatic rings. The van der Waals surface area contributed by atoms with Crippen molar-refractivity contribution in [2.24, 2.45) is 0 Å². The average Bonchev–Trinajstić information content (AvgIpc) is 2.77. The van der Waals surface area contributed by atoms with Gasteiger partial charge < -0.3 is 29.4 Å². The van der Waals surface area contributed by atoms with Gasteiger partial charge in [-0.2, -0.15) is 0 Å². The number of carbonyl (C=O) groups is 2. The molecule has 166 valence electrons. The standard InChI is InChI=1S/C21H23BrN2O7/c1-28-16-4-3-5-17(29-2)21(16)31-11-14(25)9-23-19(26)10-24-15-7-6-13(22)8-18(15)30-12-20(24)27/h3-8,14,25H,9-12H2,1-2H3,(H,23,26). The van der Waals surface area contributed by atoms with Crippen LogP contribution in [-0.2, 0) is 9.59 Å². The minimum absolute atomic E-state index is 0.0535. The first-order valence-corrected chi connectivity index (χ1v) is 10.2. The summed E-state index contributed by atoms with van der Waals surface area (Å²) < 4.78 is 22.3. The van der Waals surface area contributed by atoms with Gasteiger partial charge in [0.2, 0.25) is 11.7 Å². The number of methoxy groups -OCH3 is 2. The van der Waals surface area contributed by atoms with Crippen LogP contribution in [0.5, 0.6) is 23.0 Å². The van der Waals surface area contributed by atoms with Crippen molar-refractivity contribution in [2.75, 3.05) is 45.4 Å². The zero-order valence-electron chi connectivity index (χ0n) is 17.1. The molecule has 2 N–H and O–H groups in total. The Morgan fingerprint density at radius 2 is 1.97 bits per heavy atom. The van der Waals surface area contributed by atoms with Crippen molar-refractivity contribution in [3.05, 3.63) is 40.9 Å². The van der Waals surface area contributed by atoms with Crippen LogP contribution in [0.1, 0.15) is 0 Å². The minimum atomic E-state index is -0.984. The van der Waals surface area contributed by atoms with Crippen LogP contribution >= 0.6 is 15.9 Å². The van der Waals surface area contributed by atoms with Gasteiger partial charge in [-0.05, 0) is 30.3 Å². The van der Waals surface area contributed by atoms with Crippen LogP contribution in [0.25, 0.3) is 0 Å². The minimum Gasteiger partial charge on any atom is -0.493 e. The number of aliphatic hydroxyl groups excluding tert-OH is 1. The van der Waals surface area contributed by atoms with E-state index in [-0.39, 0.29) is 32.2 Å². The van der Waals surface area contributed by atoms with Gasteiger partial charge in [-0.15, -0.1) is 0 Å². The molecular formula is C21H23BrN2O7. The van der Waals surface area contributed by atoms with Crippen LogP contribution in [0.2, 0.25) is 0 Å². The Bertz CT molecular complexity index is 931. The summed E-state index contributed by atoms with van der Waals surface area (Å²) in [6.45, 7) is -0.481. The smallest absolute Gasteiger partial charge is 0.265 e. The van der Waals surface area contributed by atoms with Crippen LogP contribution in [0.15, 0.2) is 40.9 Å². The number of aliphatic hydroxyl groups is 1. The van der Waals surface area contributed by atoms with Crippen LogP contribution in [0.4, 0.5) is 5.69 Å². The molecule has 0 saturated carbocycles.